The summed E-state index contributed by atoms with van der Waals surface area (Å²) in [5.74, 6) is -4.24. The Kier molecular flexibility index (Phi) is 9.88. The molecular formula is C28H39ClF2O7Si. The van der Waals surface area contributed by atoms with E-state index in [1.165, 1.54) is 25.3 Å². The number of aliphatic hydroxyl groups excluding tert-OH is 3. The van der Waals surface area contributed by atoms with Crippen molar-refractivity contribution < 1.29 is 42.7 Å². The minimum absolute atomic E-state index is 0.0380. The first-order chi connectivity index (χ1) is 18.1. The maximum Gasteiger partial charge on any atom is 0.224 e. The van der Waals surface area contributed by atoms with E-state index in [0.717, 1.165) is 0 Å². The van der Waals surface area contributed by atoms with Crippen molar-refractivity contribution >= 4 is 19.9 Å². The van der Waals surface area contributed by atoms with Crippen LogP contribution in [0, 0.1) is 11.6 Å². The molecule has 1 fully saturated rings. The molecule has 1 heterocycles. The van der Waals surface area contributed by atoms with E-state index in [4.69, 9.17) is 30.2 Å². The molecule has 7 nitrogen and oxygen atoms in total. The minimum atomic E-state index is -2.24. The van der Waals surface area contributed by atoms with E-state index in [1.54, 1.807) is 19.1 Å². The lowest BCUT2D eigenvalue weighted by atomic mass is 9.87. The standard InChI is InChI=1S/C28H39ClF2O7Si/c1-8-36-20-12-9-16(22(30)23(20)31)13-17-14-18(10-11-19(17)29)28(35-5)26(34)25(33)24(32)21(38-28)15-37-39(6,7)27(2,3)4/h9-12,14,21,24-26,32-34H,8,13,15H2,1-7H3/t21-,24-,25?,26-,28+/m1/s1. The molecule has 0 spiro atoms. The van der Waals surface area contributed by atoms with Crippen LogP contribution < -0.4 is 4.74 Å². The Hall–Kier alpha value is -1.63. The van der Waals surface area contributed by atoms with Crippen molar-refractivity contribution in [3.05, 3.63) is 63.7 Å². The molecule has 0 aliphatic carbocycles. The fourth-order valence-corrected chi connectivity index (χ4v) is 5.47. The first-order valence-electron chi connectivity index (χ1n) is 12.9. The molecule has 1 saturated heterocycles. The van der Waals surface area contributed by atoms with Crippen molar-refractivity contribution in [2.75, 3.05) is 20.3 Å². The van der Waals surface area contributed by atoms with Gasteiger partial charge in [-0.2, -0.15) is 4.39 Å². The molecule has 5 atom stereocenters. The number of benzene rings is 2. The molecule has 3 rings (SSSR count). The fourth-order valence-electron chi connectivity index (χ4n) is 4.27. The van der Waals surface area contributed by atoms with Crippen LogP contribution in [0.3, 0.4) is 0 Å². The number of rotatable bonds is 9. The monoisotopic (exact) mass is 588 g/mol. The average Bonchev–Trinajstić information content (AvgIpc) is 2.87. The Morgan fingerprint density at radius 2 is 1.69 bits per heavy atom. The predicted octanol–water partition coefficient (Wildman–Crippen LogP) is 4.91. The molecule has 1 aliphatic rings. The highest BCUT2D eigenvalue weighted by Crippen LogP contribution is 2.42. The number of hydrogen-bond donors (Lipinski definition) is 3. The van der Waals surface area contributed by atoms with Gasteiger partial charge in [-0.25, -0.2) is 4.39 Å². The number of aliphatic hydroxyl groups is 3. The number of hydrogen-bond acceptors (Lipinski definition) is 7. The van der Waals surface area contributed by atoms with E-state index >= 15 is 0 Å². The summed E-state index contributed by atoms with van der Waals surface area (Å²) in [5, 5.41) is 32.7. The van der Waals surface area contributed by atoms with E-state index in [-0.39, 0.29) is 46.6 Å². The highest BCUT2D eigenvalue weighted by atomic mass is 35.5. The van der Waals surface area contributed by atoms with E-state index in [2.05, 4.69) is 20.8 Å². The maximum atomic E-state index is 14.8. The third-order valence-electron chi connectivity index (χ3n) is 7.74. The molecule has 0 aromatic heterocycles. The van der Waals surface area contributed by atoms with Crippen LogP contribution in [0.25, 0.3) is 0 Å². The second-order valence-electron chi connectivity index (χ2n) is 11.3. The van der Waals surface area contributed by atoms with Crippen molar-refractivity contribution in [3.63, 3.8) is 0 Å². The normalized spacial score (nSPS) is 26.1. The zero-order valence-electron chi connectivity index (χ0n) is 23.4. The zero-order valence-corrected chi connectivity index (χ0v) is 25.2. The SMILES string of the molecule is CCOc1ccc(Cc2cc([C@]3(OC)O[C@H](CO[Si](C)(C)C(C)(C)C)[C@@H](O)C(O)[C@H]3O)ccc2Cl)c(F)c1F. The van der Waals surface area contributed by atoms with Gasteiger partial charge in [-0.05, 0) is 54.4 Å². The fraction of sp³-hybridized carbons (Fsp3) is 0.571. The van der Waals surface area contributed by atoms with Crippen LogP contribution in [0.1, 0.15) is 44.4 Å². The molecular weight excluding hydrogens is 550 g/mol. The van der Waals surface area contributed by atoms with Crippen LogP contribution in [0.4, 0.5) is 8.78 Å². The second kappa shape index (κ2) is 12.1. The van der Waals surface area contributed by atoms with Gasteiger partial charge in [0.05, 0.1) is 13.2 Å². The van der Waals surface area contributed by atoms with Gasteiger partial charge in [0, 0.05) is 24.1 Å². The topological polar surface area (TPSA) is 97.6 Å². The Morgan fingerprint density at radius 1 is 1.03 bits per heavy atom. The first-order valence-corrected chi connectivity index (χ1v) is 16.2. The first kappa shape index (κ1) is 31.9. The van der Waals surface area contributed by atoms with Gasteiger partial charge in [0.2, 0.25) is 11.6 Å². The van der Waals surface area contributed by atoms with E-state index in [9.17, 15) is 24.1 Å². The number of halogens is 3. The van der Waals surface area contributed by atoms with Gasteiger partial charge >= 0.3 is 0 Å². The highest BCUT2D eigenvalue weighted by molar-refractivity contribution is 6.74. The molecule has 0 saturated carbocycles. The third kappa shape index (κ3) is 6.33. The Balaban J connectivity index is 1.96. The summed E-state index contributed by atoms with van der Waals surface area (Å²) in [6, 6.07) is 7.37. The molecule has 39 heavy (non-hydrogen) atoms. The van der Waals surface area contributed by atoms with Crippen molar-refractivity contribution in [2.45, 2.75) is 82.5 Å². The van der Waals surface area contributed by atoms with E-state index in [1.807, 2.05) is 13.1 Å². The van der Waals surface area contributed by atoms with Crippen LogP contribution in [0.5, 0.6) is 5.75 Å². The smallest absolute Gasteiger partial charge is 0.224 e. The van der Waals surface area contributed by atoms with Gasteiger partial charge in [0.15, 0.2) is 19.9 Å². The van der Waals surface area contributed by atoms with Gasteiger partial charge in [-0.3, -0.25) is 0 Å². The lowest BCUT2D eigenvalue weighted by Gasteiger charge is -2.49. The molecule has 0 radical (unpaired) electrons. The van der Waals surface area contributed by atoms with Gasteiger partial charge in [0.25, 0.3) is 0 Å². The molecule has 1 unspecified atom stereocenters. The van der Waals surface area contributed by atoms with Gasteiger partial charge < -0.3 is 34.0 Å². The van der Waals surface area contributed by atoms with Crippen molar-refractivity contribution in [2.24, 2.45) is 0 Å². The van der Waals surface area contributed by atoms with E-state index < -0.39 is 50.2 Å². The van der Waals surface area contributed by atoms with Crippen LogP contribution in [-0.2, 0) is 26.1 Å². The second-order valence-corrected chi connectivity index (χ2v) is 16.5. The third-order valence-corrected chi connectivity index (χ3v) is 12.6. The molecule has 2 aromatic carbocycles. The van der Waals surface area contributed by atoms with Crippen LogP contribution in [-0.4, -0.2) is 68.4 Å². The number of methoxy groups -OCH3 is 1. The van der Waals surface area contributed by atoms with Crippen LogP contribution >= 0.6 is 11.6 Å². The summed E-state index contributed by atoms with van der Waals surface area (Å²) in [4.78, 5) is 0. The molecule has 0 amide bonds. The van der Waals surface area contributed by atoms with Gasteiger partial charge in [-0.1, -0.05) is 44.5 Å². The summed E-state index contributed by atoms with van der Waals surface area (Å²) in [6.07, 6.45) is -5.87. The number of ether oxygens (including phenoxy) is 3. The van der Waals surface area contributed by atoms with Crippen LogP contribution in [0.15, 0.2) is 30.3 Å². The molecule has 218 valence electrons. The lowest BCUT2D eigenvalue weighted by Crippen LogP contribution is -2.64. The quantitative estimate of drug-likeness (QED) is 0.358. The molecule has 3 N–H and O–H groups in total. The van der Waals surface area contributed by atoms with Crippen molar-refractivity contribution in [3.8, 4) is 5.75 Å². The van der Waals surface area contributed by atoms with Gasteiger partial charge in [-0.15, -0.1) is 0 Å². The largest absolute Gasteiger partial charge is 0.491 e. The van der Waals surface area contributed by atoms with Crippen molar-refractivity contribution in [1.29, 1.82) is 0 Å². The van der Waals surface area contributed by atoms with E-state index in [0.29, 0.717) is 5.56 Å². The summed E-state index contributed by atoms with van der Waals surface area (Å²) in [7, 11) is -0.940. The lowest BCUT2D eigenvalue weighted by molar-refractivity contribution is -0.365. The Morgan fingerprint density at radius 3 is 2.28 bits per heavy atom. The maximum absolute atomic E-state index is 14.8. The van der Waals surface area contributed by atoms with Crippen LogP contribution in [0.2, 0.25) is 23.2 Å². The average molecular weight is 589 g/mol. The summed E-state index contributed by atoms with van der Waals surface area (Å²) in [6.45, 7) is 12.1. The molecule has 1 aliphatic heterocycles. The summed E-state index contributed by atoms with van der Waals surface area (Å²) in [5.41, 5.74) is 0.716. The van der Waals surface area contributed by atoms with Crippen molar-refractivity contribution in [1.82, 2.24) is 0 Å². The zero-order chi connectivity index (χ0) is 29.3. The van der Waals surface area contributed by atoms with Gasteiger partial charge in [0.1, 0.15) is 24.4 Å². The Labute approximate surface area is 234 Å². The minimum Gasteiger partial charge on any atom is -0.491 e. The highest BCUT2D eigenvalue weighted by Gasteiger charge is 2.55. The molecule has 2 aromatic rings. The Bertz CT molecular complexity index is 1160. The molecule has 0 bridgehead atoms. The molecule has 11 heteroatoms. The predicted molar refractivity (Wildman–Crippen MR) is 147 cm³/mol. The summed E-state index contributed by atoms with van der Waals surface area (Å²) >= 11 is 6.42. The summed E-state index contributed by atoms with van der Waals surface area (Å²) < 4.78 is 52.5.